The number of nitrogens with zero attached hydrogens (tertiary/aromatic N) is 2. The normalized spacial score (nSPS) is 11.0. The number of halogens is 3. The maximum absolute atomic E-state index is 13.8. The quantitative estimate of drug-likeness (QED) is 0.479. The van der Waals surface area contributed by atoms with Crippen LogP contribution in [0.15, 0.2) is 51.9 Å². The van der Waals surface area contributed by atoms with Crippen LogP contribution in [0, 0.1) is 18.6 Å². The van der Waals surface area contributed by atoms with Gasteiger partial charge in [-0.25, -0.2) is 8.78 Å². The summed E-state index contributed by atoms with van der Waals surface area (Å²) in [5.74, 6) is -1.11. The van der Waals surface area contributed by atoms with E-state index in [0.717, 1.165) is 12.1 Å². The summed E-state index contributed by atoms with van der Waals surface area (Å²) >= 11 is 3.25. The molecule has 1 aromatic carbocycles. The number of rotatable bonds is 6. The van der Waals surface area contributed by atoms with Crippen LogP contribution in [0.1, 0.15) is 50.2 Å². The first-order valence-electron chi connectivity index (χ1n) is 10.2. The molecule has 0 atom stereocenters. The molecular formula is C24H27BrF2N2O3. The van der Waals surface area contributed by atoms with Gasteiger partial charge in [0.05, 0.1) is 17.8 Å². The summed E-state index contributed by atoms with van der Waals surface area (Å²) in [4.78, 5) is 17.1. The summed E-state index contributed by atoms with van der Waals surface area (Å²) in [5.41, 5.74) is 0.824. The SMILES string of the molecule is CC.Cc1cc(OCc2ccc(F)cc2F)c(Br)c(=O)n1Cc1ccc(C(C)(C)O)cn1. The molecule has 3 rings (SSSR count). The van der Waals surface area contributed by atoms with E-state index in [0.29, 0.717) is 17.0 Å². The van der Waals surface area contributed by atoms with Gasteiger partial charge < -0.3 is 14.4 Å². The van der Waals surface area contributed by atoms with Gasteiger partial charge in [-0.1, -0.05) is 19.9 Å². The highest BCUT2D eigenvalue weighted by molar-refractivity contribution is 9.10. The number of aryl methyl sites for hydroxylation is 1. The lowest BCUT2D eigenvalue weighted by atomic mass is 10.0. The Bertz CT molecular complexity index is 1120. The van der Waals surface area contributed by atoms with Crippen LogP contribution < -0.4 is 10.3 Å². The molecule has 3 aromatic rings. The Balaban J connectivity index is 0.00000176. The van der Waals surface area contributed by atoms with Crippen molar-refractivity contribution < 1.29 is 18.6 Å². The van der Waals surface area contributed by atoms with E-state index in [-0.39, 0.29) is 34.5 Å². The molecule has 0 aliphatic heterocycles. The minimum atomic E-state index is -0.996. The van der Waals surface area contributed by atoms with E-state index < -0.39 is 17.2 Å². The molecule has 0 radical (unpaired) electrons. The number of pyridine rings is 2. The molecule has 8 heteroatoms. The van der Waals surface area contributed by atoms with Gasteiger partial charge in [0.15, 0.2) is 0 Å². The monoisotopic (exact) mass is 508 g/mol. The van der Waals surface area contributed by atoms with Gasteiger partial charge in [0, 0.05) is 35.2 Å². The zero-order valence-corrected chi connectivity index (χ0v) is 20.3. The van der Waals surface area contributed by atoms with Crippen LogP contribution in [0.2, 0.25) is 0 Å². The third kappa shape index (κ3) is 6.23. The predicted octanol–water partition coefficient (Wildman–Crippen LogP) is 5.47. The third-order valence-electron chi connectivity index (χ3n) is 4.66. The Hall–Kier alpha value is -2.58. The van der Waals surface area contributed by atoms with Crippen LogP contribution in [0.3, 0.4) is 0 Å². The first kappa shape index (κ1) is 25.7. The molecule has 2 aromatic heterocycles. The van der Waals surface area contributed by atoms with Crippen LogP contribution in [0.5, 0.6) is 5.75 Å². The van der Waals surface area contributed by atoms with Crippen molar-refractivity contribution in [1.82, 2.24) is 9.55 Å². The number of ether oxygens (including phenoxy) is 1. The molecule has 2 heterocycles. The summed E-state index contributed by atoms with van der Waals surface area (Å²) in [6, 6.07) is 8.43. The lowest BCUT2D eigenvalue weighted by molar-refractivity contribution is 0.0782. The molecule has 5 nitrogen and oxygen atoms in total. The van der Waals surface area contributed by atoms with Crippen LogP contribution in [-0.2, 0) is 18.8 Å². The average molecular weight is 509 g/mol. The molecule has 1 N–H and O–H groups in total. The molecule has 0 unspecified atom stereocenters. The van der Waals surface area contributed by atoms with Gasteiger partial charge in [-0.05, 0) is 54.9 Å². The van der Waals surface area contributed by atoms with E-state index in [9.17, 15) is 18.7 Å². The van der Waals surface area contributed by atoms with Gasteiger partial charge in [-0.15, -0.1) is 0 Å². The number of benzene rings is 1. The fraction of sp³-hybridized carbons (Fsp3) is 0.333. The highest BCUT2D eigenvalue weighted by atomic mass is 79.9. The zero-order chi connectivity index (χ0) is 24.1. The molecule has 172 valence electrons. The molecule has 0 aliphatic carbocycles. The zero-order valence-electron chi connectivity index (χ0n) is 18.7. The van der Waals surface area contributed by atoms with Gasteiger partial charge in [0.1, 0.15) is 28.5 Å². The van der Waals surface area contributed by atoms with E-state index in [1.54, 1.807) is 45.2 Å². The Morgan fingerprint density at radius 3 is 2.41 bits per heavy atom. The summed E-state index contributed by atoms with van der Waals surface area (Å²) in [6.45, 7) is 9.19. The summed E-state index contributed by atoms with van der Waals surface area (Å²) < 4.78 is 34.2. The topological polar surface area (TPSA) is 64.3 Å². The first-order valence-corrected chi connectivity index (χ1v) is 11.0. The van der Waals surface area contributed by atoms with Gasteiger partial charge >= 0.3 is 0 Å². The maximum atomic E-state index is 13.8. The second-order valence-corrected chi connectivity index (χ2v) is 8.27. The van der Waals surface area contributed by atoms with Crippen molar-refractivity contribution >= 4 is 15.9 Å². The Kier molecular flexibility index (Phi) is 8.69. The van der Waals surface area contributed by atoms with E-state index in [2.05, 4.69) is 20.9 Å². The summed E-state index contributed by atoms with van der Waals surface area (Å²) in [7, 11) is 0. The number of aliphatic hydroxyl groups is 1. The molecule has 32 heavy (non-hydrogen) atoms. The van der Waals surface area contributed by atoms with Crippen molar-refractivity contribution in [2.75, 3.05) is 0 Å². The molecule has 0 bridgehead atoms. The molecule has 0 saturated heterocycles. The Labute approximate surface area is 194 Å². The molecule has 0 saturated carbocycles. The number of hydrogen-bond donors (Lipinski definition) is 1. The van der Waals surface area contributed by atoms with Crippen molar-refractivity contribution in [1.29, 1.82) is 0 Å². The molecule has 0 aliphatic rings. The molecule has 0 amide bonds. The van der Waals surface area contributed by atoms with Gasteiger partial charge in [-0.2, -0.15) is 0 Å². The standard InChI is InChI=1S/C22H21BrF2N2O3.C2H6/c1-13-8-19(30-12-14-4-6-16(24)9-18(14)25)20(23)21(28)27(13)11-17-7-5-15(10-26-17)22(2,3)29;1-2/h4-10,29H,11-12H2,1-3H3;1-2H3. The fourth-order valence-electron chi connectivity index (χ4n) is 2.85. The Morgan fingerprint density at radius 2 is 1.84 bits per heavy atom. The summed E-state index contributed by atoms with van der Waals surface area (Å²) in [6.07, 6.45) is 1.58. The largest absolute Gasteiger partial charge is 0.487 e. The lowest BCUT2D eigenvalue weighted by Gasteiger charge is -2.18. The number of hydrogen-bond acceptors (Lipinski definition) is 4. The van der Waals surface area contributed by atoms with Crippen LogP contribution >= 0.6 is 15.9 Å². The predicted molar refractivity (Wildman–Crippen MR) is 124 cm³/mol. The summed E-state index contributed by atoms with van der Waals surface area (Å²) in [5, 5.41) is 10.0. The van der Waals surface area contributed by atoms with Crippen molar-refractivity contribution in [2.45, 2.75) is 53.4 Å². The van der Waals surface area contributed by atoms with Crippen molar-refractivity contribution in [3.63, 3.8) is 0 Å². The van der Waals surface area contributed by atoms with E-state index in [4.69, 9.17) is 4.74 Å². The smallest absolute Gasteiger partial charge is 0.269 e. The molecule has 0 spiro atoms. The van der Waals surface area contributed by atoms with Crippen LogP contribution in [-0.4, -0.2) is 14.7 Å². The minimum absolute atomic E-state index is 0.145. The molecule has 0 fully saturated rings. The van der Waals surface area contributed by atoms with E-state index in [1.807, 2.05) is 13.8 Å². The second-order valence-electron chi connectivity index (χ2n) is 7.48. The highest BCUT2D eigenvalue weighted by Crippen LogP contribution is 2.25. The molecular weight excluding hydrogens is 482 g/mol. The van der Waals surface area contributed by atoms with Crippen molar-refractivity contribution in [3.05, 3.63) is 91.6 Å². The minimum Gasteiger partial charge on any atom is -0.487 e. The van der Waals surface area contributed by atoms with Gasteiger partial charge in [0.25, 0.3) is 5.56 Å². The second kappa shape index (κ2) is 10.8. The lowest BCUT2D eigenvalue weighted by Crippen LogP contribution is -2.25. The highest BCUT2D eigenvalue weighted by Gasteiger charge is 2.17. The number of aromatic nitrogens is 2. The van der Waals surface area contributed by atoms with Crippen molar-refractivity contribution in [2.24, 2.45) is 0 Å². The van der Waals surface area contributed by atoms with Gasteiger partial charge in [-0.3, -0.25) is 9.78 Å². The average Bonchev–Trinajstić information content (AvgIpc) is 2.75. The first-order chi connectivity index (χ1) is 15.1. The van der Waals surface area contributed by atoms with Crippen LogP contribution in [0.25, 0.3) is 0 Å². The van der Waals surface area contributed by atoms with Gasteiger partial charge in [0.2, 0.25) is 0 Å². The third-order valence-corrected chi connectivity index (χ3v) is 5.39. The Morgan fingerprint density at radius 1 is 1.16 bits per heavy atom. The van der Waals surface area contributed by atoms with E-state index in [1.165, 1.54) is 10.6 Å². The maximum Gasteiger partial charge on any atom is 0.269 e. The van der Waals surface area contributed by atoms with Crippen molar-refractivity contribution in [3.8, 4) is 5.75 Å². The fourth-order valence-corrected chi connectivity index (χ4v) is 3.30. The van der Waals surface area contributed by atoms with Crippen LogP contribution in [0.4, 0.5) is 8.78 Å². The van der Waals surface area contributed by atoms with E-state index >= 15 is 0 Å².